The second-order valence-corrected chi connectivity index (χ2v) is 6.11. The van der Waals surface area contributed by atoms with Crippen molar-refractivity contribution in [1.82, 2.24) is 4.57 Å². The first-order valence-electron chi connectivity index (χ1n) is 8.61. The molecule has 1 amide bonds. The minimum Gasteiger partial charge on any atom is -0.465 e. The minimum atomic E-state index is -0.884. The van der Waals surface area contributed by atoms with E-state index in [4.69, 9.17) is 0 Å². The number of Topliss-reactive ketones (excluding diaryl/α,β-unsaturated/α-hetero) is 1. The molecule has 0 aliphatic rings. The molecule has 0 spiro atoms. The summed E-state index contributed by atoms with van der Waals surface area (Å²) < 4.78 is 5.54. The van der Waals surface area contributed by atoms with Crippen LogP contribution in [0.5, 0.6) is 0 Å². The highest BCUT2D eigenvalue weighted by atomic mass is 16.6. The molecule has 0 saturated carbocycles. The van der Waals surface area contributed by atoms with E-state index in [9.17, 15) is 29.3 Å². The first-order chi connectivity index (χ1) is 13.7. The average Bonchev–Trinajstić information content (AvgIpc) is 2.68. The number of amides is 1. The van der Waals surface area contributed by atoms with Crippen molar-refractivity contribution in [2.24, 2.45) is 0 Å². The lowest BCUT2D eigenvalue weighted by Crippen LogP contribution is -2.25. The molecule has 0 bridgehead atoms. The number of pyridine rings is 1. The van der Waals surface area contributed by atoms with E-state index in [1.165, 1.54) is 6.92 Å². The van der Waals surface area contributed by atoms with E-state index < -0.39 is 22.1 Å². The minimum absolute atomic E-state index is 0.00503. The van der Waals surface area contributed by atoms with Crippen molar-refractivity contribution >= 4 is 29.0 Å². The van der Waals surface area contributed by atoms with Gasteiger partial charge in [0, 0.05) is 30.8 Å². The zero-order valence-electron chi connectivity index (χ0n) is 15.8. The second-order valence-electron chi connectivity index (χ2n) is 6.11. The molecule has 10 nitrogen and oxygen atoms in total. The van der Waals surface area contributed by atoms with Crippen molar-refractivity contribution in [3.8, 4) is 0 Å². The van der Waals surface area contributed by atoms with Crippen molar-refractivity contribution in [2.45, 2.75) is 26.3 Å². The maximum atomic E-state index is 12.2. The number of methoxy groups -OCH3 is 1. The number of aromatic nitrogens is 1. The lowest BCUT2D eigenvalue weighted by atomic mass is 10.1. The first-order valence-corrected chi connectivity index (χ1v) is 8.61. The summed E-state index contributed by atoms with van der Waals surface area (Å²) in [5.74, 6) is -1.40. The van der Waals surface area contributed by atoms with Gasteiger partial charge in [0.25, 0.3) is 0 Å². The predicted octanol–water partition coefficient (Wildman–Crippen LogP) is 2.16. The van der Waals surface area contributed by atoms with Gasteiger partial charge in [-0.2, -0.15) is 0 Å². The maximum Gasteiger partial charge on any atom is 0.339 e. The number of anilines is 1. The Bertz CT molecular complexity index is 1030. The van der Waals surface area contributed by atoms with Crippen molar-refractivity contribution in [3.05, 3.63) is 68.1 Å². The smallest absolute Gasteiger partial charge is 0.339 e. The molecule has 152 valence electrons. The van der Waals surface area contributed by atoms with Gasteiger partial charge in [0.2, 0.25) is 5.91 Å². The van der Waals surface area contributed by atoms with Crippen molar-refractivity contribution in [2.75, 3.05) is 12.4 Å². The number of aryl methyl sites for hydroxylation is 1. The maximum absolute atomic E-state index is 12.2. The zero-order chi connectivity index (χ0) is 21.6. The molecule has 1 aromatic carbocycles. The third-order valence-electron chi connectivity index (χ3n) is 4.07. The molecular formula is C19H19N3O7. The van der Waals surface area contributed by atoms with Gasteiger partial charge in [0.1, 0.15) is 0 Å². The van der Waals surface area contributed by atoms with Crippen LogP contribution in [-0.4, -0.2) is 34.3 Å². The lowest BCUT2D eigenvalue weighted by Gasteiger charge is -2.10. The van der Waals surface area contributed by atoms with Gasteiger partial charge in [-0.3, -0.25) is 24.5 Å². The van der Waals surface area contributed by atoms with E-state index >= 15 is 0 Å². The number of ether oxygens (including phenoxy) is 1. The third kappa shape index (κ3) is 5.34. The predicted molar refractivity (Wildman–Crippen MR) is 103 cm³/mol. The Hall–Kier alpha value is -3.82. The Morgan fingerprint density at radius 1 is 1.24 bits per heavy atom. The van der Waals surface area contributed by atoms with E-state index in [2.05, 4.69) is 10.1 Å². The number of nitrogens with zero attached hydrogens (tertiary/aromatic N) is 2. The van der Waals surface area contributed by atoms with Crippen LogP contribution in [0.15, 0.2) is 41.3 Å². The molecule has 2 rings (SSSR count). The Kier molecular flexibility index (Phi) is 6.96. The molecule has 0 fully saturated rings. The van der Waals surface area contributed by atoms with Gasteiger partial charge in [-0.25, -0.2) is 4.79 Å². The van der Waals surface area contributed by atoms with E-state index in [0.717, 1.165) is 23.9 Å². The molecular weight excluding hydrogens is 382 g/mol. The molecule has 0 aliphatic carbocycles. The molecule has 1 heterocycles. The number of carbonyl (C=O) groups is 3. The van der Waals surface area contributed by atoms with Crippen LogP contribution in [0.2, 0.25) is 0 Å². The second kappa shape index (κ2) is 9.40. The fraction of sp³-hybridized carbons (Fsp3) is 0.263. The summed E-state index contributed by atoms with van der Waals surface area (Å²) in [4.78, 5) is 57.8. The van der Waals surface area contributed by atoms with Gasteiger partial charge >= 0.3 is 17.2 Å². The fourth-order valence-corrected chi connectivity index (χ4v) is 2.67. The van der Waals surface area contributed by atoms with Gasteiger partial charge in [0.15, 0.2) is 5.78 Å². The largest absolute Gasteiger partial charge is 0.465 e. The first kappa shape index (κ1) is 21.5. The lowest BCUT2D eigenvalue weighted by molar-refractivity contribution is -0.386. The monoisotopic (exact) mass is 401 g/mol. The van der Waals surface area contributed by atoms with Crippen LogP contribution in [0, 0.1) is 10.1 Å². The van der Waals surface area contributed by atoms with E-state index in [1.54, 1.807) is 24.3 Å². The van der Waals surface area contributed by atoms with Gasteiger partial charge in [-0.15, -0.1) is 0 Å². The summed E-state index contributed by atoms with van der Waals surface area (Å²) in [6.07, 6.45) is 1.33. The highest BCUT2D eigenvalue weighted by molar-refractivity contribution is 6.03. The van der Waals surface area contributed by atoms with Crippen LogP contribution in [-0.2, 0) is 16.1 Å². The topological polar surface area (TPSA) is 138 Å². The standard InChI is InChI=1S/C19H19N3O7/c1-12(23)14-6-3-4-7-15(14)20-17(24)8-5-9-21-11-13(19(26)29-2)10-16(18(21)25)22(27)28/h3-4,6-7,10-11H,5,8-9H2,1-2H3,(H,20,24). The van der Waals surface area contributed by atoms with Crippen LogP contribution >= 0.6 is 0 Å². The molecule has 0 aliphatic heterocycles. The van der Waals surface area contributed by atoms with Crippen molar-refractivity contribution < 1.29 is 24.0 Å². The number of nitro groups is 1. The summed E-state index contributed by atoms with van der Waals surface area (Å²) in [5.41, 5.74) is -1.03. The molecule has 10 heteroatoms. The molecule has 0 saturated heterocycles. The number of esters is 1. The van der Waals surface area contributed by atoms with Crippen LogP contribution < -0.4 is 10.9 Å². The quantitative estimate of drug-likeness (QED) is 0.310. The summed E-state index contributed by atoms with van der Waals surface area (Å²) in [7, 11) is 1.12. The van der Waals surface area contributed by atoms with Crippen LogP contribution in [0.3, 0.4) is 0 Å². The molecule has 1 N–H and O–H groups in total. The Labute approximate surface area is 165 Å². The molecule has 29 heavy (non-hydrogen) atoms. The Balaban J connectivity index is 2.10. The SMILES string of the molecule is COC(=O)c1cc([N+](=O)[O-])c(=O)n(CCCC(=O)Nc2ccccc2C(C)=O)c1. The van der Waals surface area contributed by atoms with Crippen molar-refractivity contribution in [1.29, 1.82) is 0 Å². The number of benzene rings is 1. The van der Waals surface area contributed by atoms with E-state index in [0.29, 0.717) is 11.3 Å². The van der Waals surface area contributed by atoms with Crippen LogP contribution in [0.1, 0.15) is 40.5 Å². The average molecular weight is 401 g/mol. The van der Waals surface area contributed by atoms with Gasteiger partial charge < -0.3 is 14.6 Å². The highest BCUT2D eigenvalue weighted by Crippen LogP contribution is 2.16. The summed E-state index contributed by atoms with van der Waals surface area (Å²) >= 11 is 0. The fourth-order valence-electron chi connectivity index (χ4n) is 2.67. The Morgan fingerprint density at radius 3 is 2.55 bits per heavy atom. The number of hydrogen-bond acceptors (Lipinski definition) is 7. The molecule has 0 unspecified atom stereocenters. The number of carbonyl (C=O) groups excluding carboxylic acids is 3. The molecule has 2 aromatic rings. The van der Waals surface area contributed by atoms with E-state index in [-0.39, 0.29) is 36.6 Å². The highest BCUT2D eigenvalue weighted by Gasteiger charge is 2.20. The van der Waals surface area contributed by atoms with Crippen molar-refractivity contribution in [3.63, 3.8) is 0 Å². The summed E-state index contributed by atoms with van der Waals surface area (Å²) in [5, 5.41) is 13.7. The number of rotatable bonds is 8. The van der Waals surface area contributed by atoms with Gasteiger partial charge in [-0.05, 0) is 25.5 Å². The van der Waals surface area contributed by atoms with Crippen LogP contribution in [0.25, 0.3) is 0 Å². The number of ketones is 1. The zero-order valence-corrected chi connectivity index (χ0v) is 15.8. The van der Waals surface area contributed by atoms with Crippen LogP contribution in [0.4, 0.5) is 11.4 Å². The Morgan fingerprint density at radius 2 is 1.93 bits per heavy atom. The molecule has 0 radical (unpaired) electrons. The number of nitrogens with one attached hydrogen (secondary N) is 1. The third-order valence-corrected chi connectivity index (χ3v) is 4.07. The van der Waals surface area contributed by atoms with E-state index in [1.807, 2.05) is 0 Å². The normalized spacial score (nSPS) is 10.3. The molecule has 1 aromatic heterocycles. The molecule has 0 atom stereocenters. The van der Waals surface area contributed by atoms with Gasteiger partial charge in [0.05, 0.1) is 23.3 Å². The van der Waals surface area contributed by atoms with Gasteiger partial charge in [-0.1, -0.05) is 12.1 Å². The number of hydrogen-bond donors (Lipinski definition) is 1. The summed E-state index contributed by atoms with van der Waals surface area (Å²) in [6.45, 7) is 1.37. The number of para-hydroxylation sites is 1. The summed E-state index contributed by atoms with van der Waals surface area (Å²) in [6, 6.07) is 7.41.